The Labute approximate surface area is 167 Å². The van der Waals surface area contributed by atoms with Crippen molar-refractivity contribution < 1.29 is 22.7 Å². The molecule has 1 fully saturated rings. The van der Waals surface area contributed by atoms with E-state index in [1.54, 1.807) is 18.2 Å². The molecule has 1 N–H and O–H groups in total. The Morgan fingerprint density at radius 2 is 2.29 bits per heavy atom. The van der Waals surface area contributed by atoms with Gasteiger partial charge in [0.25, 0.3) is 5.91 Å². The lowest BCUT2D eigenvalue weighted by Crippen LogP contribution is -2.35. The van der Waals surface area contributed by atoms with Gasteiger partial charge < -0.3 is 9.47 Å². The Kier molecular flexibility index (Phi) is 5.37. The number of sulfonamides is 1. The van der Waals surface area contributed by atoms with E-state index in [2.05, 4.69) is 10.3 Å². The number of thiazole rings is 1. The largest absolute Gasteiger partial charge is 0.497 e. The molecule has 1 aromatic carbocycles. The highest BCUT2D eigenvalue weighted by molar-refractivity contribution is 7.89. The normalized spacial score (nSPS) is 20.0. The first-order chi connectivity index (χ1) is 13.5. The van der Waals surface area contributed by atoms with Gasteiger partial charge >= 0.3 is 0 Å². The maximum absolute atomic E-state index is 13.0. The average Bonchev–Trinajstić information content (AvgIpc) is 3.36. The number of nitrogens with zero attached hydrogens (tertiary/aromatic N) is 2. The summed E-state index contributed by atoms with van der Waals surface area (Å²) in [4.78, 5) is 17.7. The molecule has 150 valence electrons. The summed E-state index contributed by atoms with van der Waals surface area (Å²) in [5.74, 6) is 0.306. The van der Waals surface area contributed by atoms with Crippen molar-refractivity contribution in [1.82, 2.24) is 9.29 Å². The van der Waals surface area contributed by atoms with Crippen LogP contribution in [0.1, 0.15) is 23.4 Å². The molecule has 0 saturated carbocycles. The number of hydrogen-bond acceptors (Lipinski definition) is 7. The fraction of sp³-hybridized carbons (Fsp3) is 0.444. The predicted octanol–water partition coefficient (Wildman–Crippen LogP) is 2.02. The van der Waals surface area contributed by atoms with Gasteiger partial charge in [0.05, 0.1) is 24.2 Å². The summed E-state index contributed by atoms with van der Waals surface area (Å²) >= 11 is 1.32. The second kappa shape index (κ2) is 7.78. The number of hydrogen-bond donors (Lipinski definition) is 1. The zero-order valence-electron chi connectivity index (χ0n) is 15.4. The molecule has 2 aliphatic heterocycles. The van der Waals surface area contributed by atoms with Gasteiger partial charge in [-0.1, -0.05) is 6.07 Å². The van der Waals surface area contributed by atoms with Crippen LogP contribution >= 0.6 is 11.3 Å². The van der Waals surface area contributed by atoms with Crippen molar-refractivity contribution in [2.75, 3.05) is 25.6 Å². The standard InChI is InChI=1S/C18H21N3O5S2/c1-25-12-4-2-5-13(10-12)28(23,24)21-8-7-14-16(11-21)27-18(19-14)20-17(22)15-6-3-9-26-15/h2,4-5,10,15H,3,6-9,11H2,1H3,(H,19,20,22). The van der Waals surface area contributed by atoms with Crippen LogP contribution in [0.3, 0.4) is 0 Å². The molecule has 0 aliphatic carbocycles. The second-order valence-corrected chi connectivity index (χ2v) is 9.67. The van der Waals surface area contributed by atoms with Crippen molar-refractivity contribution in [3.8, 4) is 5.75 Å². The van der Waals surface area contributed by atoms with E-state index in [1.807, 2.05) is 0 Å². The molecular weight excluding hydrogens is 402 g/mol. The van der Waals surface area contributed by atoms with Crippen LogP contribution in [0.25, 0.3) is 0 Å². The molecule has 0 spiro atoms. The van der Waals surface area contributed by atoms with Gasteiger partial charge in [-0.3, -0.25) is 10.1 Å². The molecule has 2 aromatic rings. The van der Waals surface area contributed by atoms with Crippen LogP contribution in [0, 0.1) is 0 Å². The van der Waals surface area contributed by atoms with Crippen LogP contribution in [0.5, 0.6) is 5.75 Å². The number of fused-ring (bicyclic) bond motifs is 1. The van der Waals surface area contributed by atoms with E-state index < -0.39 is 16.1 Å². The summed E-state index contributed by atoms with van der Waals surface area (Å²) in [7, 11) is -2.14. The third-order valence-corrected chi connectivity index (χ3v) is 7.67. The summed E-state index contributed by atoms with van der Waals surface area (Å²) in [5.41, 5.74) is 0.838. The average molecular weight is 424 g/mol. The smallest absolute Gasteiger partial charge is 0.255 e. The van der Waals surface area contributed by atoms with Crippen LogP contribution in [0.15, 0.2) is 29.2 Å². The van der Waals surface area contributed by atoms with Crippen molar-refractivity contribution in [3.05, 3.63) is 34.8 Å². The summed E-state index contributed by atoms with van der Waals surface area (Å²) in [6.45, 7) is 1.18. The molecule has 0 radical (unpaired) electrons. The van der Waals surface area contributed by atoms with E-state index >= 15 is 0 Å². The topological polar surface area (TPSA) is 97.8 Å². The number of ether oxygens (including phenoxy) is 2. The molecule has 10 heteroatoms. The molecule has 1 saturated heterocycles. The maximum Gasteiger partial charge on any atom is 0.255 e. The molecule has 1 amide bonds. The van der Waals surface area contributed by atoms with Crippen molar-refractivity contribution in [2.45, 2.75) is 36.8 Å². The number of nitrogens with one attached hydrogen (secondary N) is 1. The number of methoxy groups -OCH3 is 1. The Balaban J connectivity index is 1.50. The lowest BCUT2D eigenvalue weighted by atomic mass is 10.2. The molecule has 1 aromatic heterocycles. The van der Waals surface area contributed by atoms with Gasteiger partial charge in [-0.2, -0.15) is 4.31 Å². The van der Waals surface area contributed by atoms with E-state index in [1.165, 1.54) is 28.8 Å². The van der Waals surface area contributed by atoms with Crippen LogP contribution in [-0.2, 0) is 32.5 Å². The second-order valence-electron chi connectivity index (χ2n) is 6.65. The molecule has 0 bridgehead atoms. The van der Waals surface area contributed by atoms with Gasteiger partial charge in [0.15, 0.2) is 5.13 Å². The number of rotatable bonds is 5. The Morgan fingerprint density at radius 1 is 1.43 bits per heavy atom. The lowest BCUT2D eigenvalue weighted by molar-refractivity contribution is -0.124. The van der Waals surface area contributed by atoms with Crippen LogP contribution in [-0.4, -0.2) is 50.0 Å². The molecule has 1 atom stereocenters. The summed E-state index contributed by atoms with van der Waals surface area (Å²) < 4.78 is 37.9. The monoisotopic (exact) mass is 423 g/mol. The van der Waals surface area contributed by atoms with Gasteiger partial charge in [0, 0.05) is 30.5 Å². The molecule has 1 unspecified atom stereocenters. The van der Waals surface area contributed by atoms with Crippen molar-refractivity contribution in [2.24, 2.45) is 0 Å². The molecule has 8 nitrogen and oxygen atoms in total. The van der Waals surface area contributed by atoms with Crippen LogP contribution in [0.4, 0.5) is 5.13 Å². The third kappa shape index (κ3) is 3.77. The zero-order valence-corrected chi connectivity index (χ0v) is 17.0. The van der Waals surface area contributed by atoms with Crippen LogP contribution in [0.2, 0.25) is 0 Å². The van der Waals surface area contributed by atoms with Gasteiger partial charge in [0.2, 0.25) is 10.0 Å². The lowest BCUT2D eigenvalue weighted by Gasteiger charge is -2.25. The van der Waals surface area contributed by atoms with Gasteiger partial charge in [0.1, 0.15) is 11.9 Å². The first-order valence-electron chi connectivity index (χ1n) is 9.02. The van der Waals surface area contributed by atoms with Crippen molar-refractivity contribution in [3.63, 3.8) is 0 Å². The Bertz CT molecular complexity index is 983. The zero-order chi connectivity index (χ0) is 19.7. The maximum atomic E-state index is 13.0. The minimum Gasteiger partial charge on any atom is -0.497 e. The van der Waals surface area contributed by atoms with E-state index in [9.17, 15) is 13.2 Å². The SMILES string of the molecule is COc1cccc(S(=O)(=O)N2CCc3nc(NC(=O)C4CCCO4)sc3C2)c1. The first kappa shape index (κ1) is 19.3. The third-order valence-electron chi connectivity index (χ3n) is 4.83. The number of benzene rings is 1. The van der Waals surface area contributed by atoms with Gasteiger partial charge in [-0.25, -0.2) is 13.4 Å². The summed E-state index contributed by atoms with van der Waals surface area (Å²) in [6.07, 6.45) is 1.67. The quantitative estimate of drug-likeness (QED) is 0.790. The summed E-state index contributed by atoms with van der Waals surface area (Å²) in [6, 6.07) is 6.45. The molecule has 2 aliphatic rings. The number of anilines is 1. The molecule has 3 heterocycles. The predicted molar refractivity (Wildman–Crippen MR) is 104 cm³/mol. The Hall–Kier alpha value is -2.01. The fourth-order valence-electron chi connectivity index (χ4n) is 3.31. The highest BCUT2D eigenvalue weighted by Crippen LogP contribution is 2.32. The highest BCUT2D eigenvalue weighted by atomic mass is 32.2. The number of carbonyl (C=O) groups excluding carboxylic acids is 1. The van der Waals surface area contributed by atoms with Gasteiger partial charge in [-0.15, -0.1) is 11.3 Å². The number of carbonyl (C=O) groups is 1. The van der Waals surface area contributed by atoms with E-state index in [4.69, 9.17) is 9.47 Å². The molecule has 28 heavy (non-hydrogen) atoms. The van der Waals surface area contributed by atoms with Gasteiger partial charge in [-0.05, 0) is 25.0 Å². The van der Waals surface area contributed by atoms with E-state index in [0.29, 0.717) is 36.9 Å². The van der Waals surface area contributed by atoms with Crippen molar-refractivity contribution in [1.29, 1.82) is 0 Å². The Morgan fingerprint density at radius 3 is 3.04 bits per heavy atom. The minimum atomic E-state index is -3.64. The fourth-order valence-corrected chi connectivity index (χ4v) is 5.86. The summed E-state index contributed by atoms with van der Waals surface area (Å²) in [5, 5.41) is 3.29. The number of aromatic nitrogens is 1. The van der Waals surface area contributed by atoms with Crippen LogP contribution < -0.4 is 10.1 Å². The first-order valence-corrected chi connectivity index (χ1v) is 11.3. The van der Waals surface area contributed by atoms with E-state index in [-0.39, 0.29) is 17.3 Å². The van der Waals surface area contributed by atoms with E-state index in [0.717, 1.165) is 17.0 Å². The highest BCUT2D eigenvalue weighted by Gasteiger charge is 2.31. The molecule has 4 rings (SSSR count). The number of amides is 1. The molecular formula is C18H21N3O5S2. The minimum absolute atomic E-state index is 0.190. The van der Waals surface area contributed by atoms with Crippen molar-refractivity contribution >= 4 is 32.4 Å².